The predicted octanol–water partition coefficient (Wildman–Crippen LogP) is 3.30. The van der Waals surface area contributed by atoms with Gasteiger partial charge < -0.3 is 10.1 Å². The summed E-state index contributed by atoms with van der Waals surface area (Å²) in [4.78, 5) is 3.13. The number of aromatic nitrogens is 1. The molecule has 3 heteroatoms. The second-order valence-corrected chi connectivity index (χ2v) is 5.04. The number of hydrogen-bond acceptors (Lipinski definition) is 2. The van der Waals surface area contributed by atoms with Gasteiger partial charge in [0.05, 0.1) is 11.6 Å². The highest BCUT2D eigenvalue weighted by Crippen LogP contribution is 2.31. The molecule has 0 saturated carbocycles. The van der Waals surface area contributed by atoms with Crippen molar-refractivity contribution in [1.29, 1.82) is 5.26 Å². The summed E-state index contributed by atoms with van der Waals surface area (Å²) in [7, 11) is 0. The van der Waals surface area contributed by atoms with Gasteiger partial charge in [0, 0.05) is 11.7 Å². The number of aromatic amines is 1. The van der Waals surface area contributed by atoms with Crippen LogP contribution in [-0.4, -0.2) is 10.1 Å². The minimum atomic E-state index is -1.13. The van der Waals surface area contributed by atoms with Gasteiger partial charge in [-0.2, -0.15) is 5.26 Å². The molecule has 1 atom stereocenters. The van der Waals surface area contributed by atoms with Gasteiger partial charge in [0.2, 0.25) is 0 Å². The molecular weight excluding hydrogens is 248 g/mol. The SMILES string of the molecule is CC(O)(c1cccc(C#N)c1)c1ccc2[nH]ccc2c1. The van der Waals surface area contributed by atoms with Crippen molar-refractivity contribution in [2.24, 2.45) is 0 Å². The molecule has 0 fully saturated rings. The van der Waals surface area contributed by atoms with Crippen molar-refractivity contribution in [2.45, 2.75) is 12.5 Å². The van der Waals surface area contributed by atoms with Crippen LogP contribution in [0.5, 0.6) is 0 Å². The largest absolute Gasteiger partial charge is 0.381 e. The first-order chi connectivity index (χ1) is 9.61. The molecule has 0 radical (unpaired) electrons. The van der Waals surface area contributed by atoms with Crippen LogP contribution in [0.15, 0.2) is 54.7 Å². The predicted molar refractivity (Wildman–Crippen MR) is 78.1 cm³/mol. The molecule has 3 aromatic rings. The summed E-state index contributed by atoms with van der Waals surface area (Å²) in [6.07, 6.45) is 1.87. The number of hydrogen-bond donors (Lipinski definition) is 2. The van der Waals surface area contributed by atoms with Crippen LogP contribution >= 0.6 is 0 Å². The van der Waals surface area contributed by atoms with Gasteiger partial charge in [-0.1, -0.05) is 18.2 Å². The van der Waals surface area contributed by atoms with Crippen LogP contribution in [-0.2, 0) is 5.60 Å². The van der Waals surface area contributed by atoms with Gasteiger partial charge >= 0.3 is 0 Å². The number of H-pyrrole nitrogens is 1. The number of nitrogens with one attached hydrogen (secondary N) is 1. The van der Waals surface area contributed by atoms with E-state index in [1.807, 2.05) is 36.5 Å². The lowest BCUT2D eigenvalue weighted by atomic mass is 9.87. The van der Waals surface area contributed by atoms with Crippen molar-refractivity contribution in [2.75, 3.05) is 0 Å². The maximum Gasteiger partial charge on any atom is 0.112 e. The fourth-order valence-corrected chi connectivity index (χ4v) is 2.41. The Labute approximate surface area is 117 Å². The summed E-state index contributed by atoms with van der Waals surface area (Å²) in [5.74, 6) is 0. The van der Waals surface area contributed by atoms with Crippen molar-refractivity contribution >= 4 is 10.9 Å². The standard InChI is InChI=1S/C17H14N2O/c1-17(20,14-4-2-3-12(9-14)11-18)15-5-6-16-13(10-15)7-8-19-16/h2-10,19-20H,1H3. The van der Waals surface area contributed by atoms with Crippen LogP contribution in [0.25, 0.3) is 10.9 Å². The fourth-order valence-electron chi connectivity index (χ4n) is 2.41. The number of benzene rings is 2. The number of nitrogens with zero attached hydrogens (tertiary/aromatic N) is 1. The Kier molecular flexibility index (Phi) is 2.81. The zero-order valence-electron chi connectivity index (χ0n) is 11.1. The van der Waals surface area contributed by atoms with Crippen LogP contribution in [0.2, 0.25) is 0 Å². The second-order valence-electron chi connectivity index (χ2n) is 5.04. The van der Waals surface area contributed by atoms with Gasteiger partial charge in [0.25, 0.3) is 0 Å². The van der Waals surface area contributed by atoms with Crippen molar-refractivity contribution < 1.29 is 5.11 Å². The van der Waals surface area contributed by atoms with Crippen LogP contribution < -0.4 is 0 Å². The van der Waals surface area contributed by atoms with Gasteiger partial charge in [-0.05, 0) is 53.8 Å². The normalized spacial score (nSPS) is 13.8. The Morgan fingerprint density at radius 1 is 1.10 bits per heavy atom. The van der Waals surface area contributed by atoms with Gasteiger partial charge in [0.15, 0.2) is 0 Å². The molecule has 2 N–H and O–H groups in total. The second kappa shape index (κ2) is 4.52. The average molecular weight is 262 g/mol. The van der Waals surface area contributed by atoms with Crippen molar-refractivity contribution in [1.82, 2.24) is 4.98 Å². The molecular formula is C17H14N2O. The van der Waals surface area contributed by atoms with E-state index in [1.165, 1.54) is 0 Å². The number of rotatable bonds is 2. The van der Waals surface area contributed by atoms with E-state index in [1.54, 1.807) is 25.1 Å². The van der Waals surface area contributed by atoms with E-state index in [2.05, 4.69) is 11.1 Å². The minimum Gasteiger partial charge on any atom is -0.381 e. The topological polar surface area (TPSA) is 59.8 Å². The van der Waals surface area contributed by atoms with Gasteiger partial charge in [0.1, 0.15) is 5.60 Å². The summed E-state index contributed by atoms with van der Waals surface area (Å²) in [5.41, 5.74) is 1.98. The molecule has 0 aliphatic carbocycles. The van der Waals surface area contributed by atoms with Crippen molar-refractivity contribution in [3.05, 3.63) is 71.4 Å². The quantitative estimate of drug-likeness (QED) is 0.744. The lowest BCUT2D eigenvalue weighted by Crippen LogP contribution is -2.22. The van der Waals surface area contributed by atoms with E-state index in [4.69, 9.17) is 5.26 Å². The van der Waals surface area contributed by atoms with Crippen LogP contribution in [0.3, 0.4) is 0 Å². The molecule has 0 aliphatic rings. The monoisotopic (exact) mass is 262 g/mol. The lowest BCUT2D eigenvalue weighted by Gasteiger charge is -2.24. The smallest absolute Gasteiger partial charge is 0.112 e. The van der Waals surface area contributed by atoms with Crippen molar-refractivity contribution in [3.8, 4) is 6.07 Å². The highest BCUT2D eigenvalue weighted by atomic mass is 16.3. The maximum absolute atomic E-state index is 10.9. The van der Waals surface area contributed by atoms with E-state index in [0.717, 1.165) is 16.5 Å². The first-order valence-corrected chi connectivity index (χ1v) is 6.42. The third kappa shape index (κ3) is 1.97. The highest BCUT2D eigenvalue weighted by Gasteiger charge is 2.26. The third-order valence-corrected chi connectivity index (χ3v) is 3.67. The molecule has 3 nitrogen and oxygen atoms in total. The van der Waals surface area contributed by atoms with Crippen LogP contribution in [0, 0.1) is 11.3 Å². The van der Waals surface area contributed by atoms with E-state index in [0.29, 0.717) is 11.1 Å². The maximum atomic E-state index is 10.9. The molecule has 0 saturated heterocycles. The minimum absolute atomic E-state index is 0.547. The number of fused-ring (bicyclic) bond motifs is 1. The summed E-state index contributed by atoms with van der Waals surface area (Å²) in [6.45, 7) is 1.75. The summed E-state index contributed by atoms with van der Waals surface area (Å²) >= 11 is 0. The molecule has 98 valence electrons. The molecule has 0 amide bonds. The molecule has 0 bridgehead atoms. The third-order valence-electron chi connectivity index (χ3n) is 3.67. The molecule has 3 rings (SSSR count). The summed E-state index contributed by atoms with van der Waals surface area (Å²) < 4.78 is 0. The molecule has 0 aliphatic heterocycles. The van der Waals surface area contributed by atoms with Gasteiger partial charge in [-0.15, -0.1) is 0 Å². The molecule has 1 heterocycles. The van der Waals surface area contributed by atoms with Gasteiger partial charge in [-0.25, -0.2) is 0 Å². The first-order valence-electron chi connectivity index (χ1n) is 6.42. The Balaban J connectivity index is 2.12. The molecule has 1 unspecified atom stereocenters. The Bertz CT molecular complexity index is 809. The molecule has 0 spiro atoms. The van der Waals surface area contributed by atoms with Crippen LogP contribution in [0.4, 0.5) is 0 Å². The number of aliphatic hydroxyl groups is 1. The Morgan fingerprint density at radius 2 is 1.90 bits per heavy atom. The summed E-state index contributed by atoms with van der Waals surface area (Å²) in [5, 5.41) is 20.9. The lowest BCUT2D eigenvalue weighted by molar-refractivity contribution is 0.102. The zero-order chi connectivity index (χ0) is 14.2. The number of nitriles is 1. The Morgan fingerprint density at radius 3 is 2.70 bits per heavy atom. The zero-order valence-corrected chi connectivity index (χ0v) is 11.1. The first kappa shape index (κ1) is 12.5. The van der Waals surface area contributed by atoms with Crippen molar-refractivity contribution in [3.63, 3.8) is 0 Å². The molecule has 20 heavy (non-hydrogen) atoms. The molecule has 1 aromatic heterocycles. The van der Waals surface area contributed by atoms with E-state index in [9.17, 15) is 5.11 Å². The van der Waals surface area contributed by atoms with E-state index in [-0.39, 0.29) is 0 Å². The molecule has 2 aromatic carbocycles. The van der Waals surface area contributed by atoms with Crippen LogP contribution in [0.1, 0.15) is 23.6 Å². The Hall–Kier alpha value is -2.57. The van der Waals surface area contributed by atoms with E-state index >= 15 is 0 Å². The summed E-state index contributed by atoms with van der Waals surface area (Å²) in [6, 6.07) is 17.0. The van der Waals surface area contributed by atoms with Gasteiger partial charge in [-0.3, -0.25) is 0 Å². The highest BCUT2D eigenvalue weighted by molar-refractivity contribution is 5.80. The fraction of sp³-hybridized carbons (Fsp3) is 0.118. The van der Waals surface area contributed by atoms with E-state index < -0.39 is 5.60 Å². The average Bonchev–Trinajstić information content (AvgIpc) is 2.94.